The fourth-order valence-corrected chi connectivity index (χ4v) is 0.801. The molecule has 0 saturated carbocycles. The van der Waals surface area contributed by atoms with Gasteiger partial charge in [0.15, 0.2) is 0 Å². The molecule has 0 saturated heterocycles. The van der Waals surface area contributed by atoms with Gasteiger partial charge in [0.1, 0.15) is 6.07 Å². The van der Waals surface area contributed by atoms with Crippen molar-refractivity contribution in [3.63, 3.8) is 0 Å². The van der Waals surface area contributed by atoms with Gasteiger partial charge in [0.25, 0.3) is 0 Å². The van der Waals surface area contributed by atoms with Gasteiger partial charge < -0.3 is 0 Å². The van der Waals surface area contributed by atoms with Crippen molar-refractivity contribution in [2.75, 3.05) is 0 Å². The summed E-state index contributed by atoms with van der Waals surface area (Å²) >= 11 is 0. The second-order valence-electron chi connectivity index (χ2n) is 2.47. The quantitative estimate of drug-likeness (QED) is 0.623. The van der Waals surface area contributed by atoms with Gasteiger partial charge in [0.05, 0.1) is 16.8 Å². The molecule has 0 aliphatic carbocycles. The fraction of sp³-hybridized carbons (Fsp3) is 0.250. The van der Waals surface area contributed by atoms with Gasteiger partial charge in [-0.3, -0.25) is 4.98 Å². The molecular formula is C8H5F3N2. The van der Waals surface area contributed by atoms with Crippen LogP contribution in [0.15, 0.2) is 12.3 Å². The number of pyridine rings is 1. The lowest BCUT2D eigenvalue weighted by Crippen LogP contribution is -2.06. The highest BCUT2D eigenvalue weighted by Crippen LogP contribution is 2.29. The molecule has 1 aromatic rings. The number of aryl methyl sites for hydroxylation is 1. The maximum atomic E-state index is 12.1. The third kappa shape index (κ3) is 1.96. The molecule has 0 fully saturated rings. The van der Waals surface area contributed by atoms with Crippen molar-refractivity contribution in [3.05, 3.63) is 29.1 Å². The van der Waals surface area contributed by atoms with Crippen LogP contribution in [-0.2, 0) is 6.18 Å². The summed E-state index contributed by atoms with van der Waals surface area (Å²) < 4.78 is 36.3. The minimum absolute atomic E-state index is 0.0465. The maximum absolute atomic E-state index is 12.1. The Morgan fingerprint density at radius 2 is 2.08 bits per heavy atom. The largest absolute Gasteiger partial charge is 0.417 e. The lowest BCUT2D eigenvalue weighted by Gasteiger charge is -2.06. The van der Waals surface area contributed by atoms with Gasteiger partial charge in [-0.15, -0.1) is 0 Å². The first-order chi connectivity index (χ1) is 5.95. The molecule has 0 N–H and O–H groups in total. The van der Waals surface area contributed by atoms with Crippen molar-refractivity contribution in [2.24, 2.45) is 0 Å². The molecule has 0 aliphatic rings. The highest BCUT2D eigenvalue weighted by Gasteiger charge is 2.31. The third-order valence-electron chi connectivity index (χ3n) is 1.53. The Labute approximate surface area is 72.6 Å². The molecule has 0 spiro atoms. The Bertz CT molecular complexity index is 363. The number of halogens is 3. The zero-order valence-electron chi connectivity index (χ0n) is 6.68. The molecule has 1 heterocycles. The number of hydrogen-bond donors (Lipinski definition) is 0. The Morgan fingerprint density at radius 1 is 1.46 bits per heavy atom. The molecule has 68 valence electrons. The Kier molecular flexibility index (Phi) is 2.24. The monoisotopic (exact) mass is 186 g/mol. The molecule has 0 bridgehead atoms. The third-order valence-corrected chi connectivity index (χ3v) is 1.53. The summed E-state index contributed by atoms with van der Waals surface area (Å²) in [7, 11) is 0. The second-order valence-corrected chi connectivity index (χ2v) is 2.47. The summed E-state index contributed by atoms with van der Waals surface area (Å²) in [5, 5.41) is 8.45. The van der Waals surface area contributed by atoms with Crippen LogP contribution in [0.4, 0.5) is 13.2 Å². The van der Waals surface area contributed by atoms with E-state index in [4.69, 9.17) is 5.26 Å². The fourth-order valence-electron chi connectivity index (χ4n) is 0.801. The molecule has 0 aromatic carbocycles. The van der Waals surface area contributed by atoms with Crippen molar-refractivity contribution >= 4 is 0 Å². The number of rotatable bonds is 0. The summed E-state index contributed by atoms with van der Waals surface area (Å²) in [5.74, 6) is 0. The predicted octanol–water partition coefficient (Wildman–Crippen LogP) is 2.28. The number of aromatic nitrogens is 1. The zero-order valence-corrected chi connectivity index (χ0v) is 6.68. The van der Waals surface area contributed by atoms with Crippen molar-refractivity contribution in [1.82, 2.24) is 4.98 Å². The van der Waals surface area contributed by atoms with Gasteiger partial charge in [-0.1, -0.05) is 0 Å². The van der Waals surface area contributed by atoms with Gasteiger partial charge in [-0.05, 0) is 13.0 Å². The van der Waals surface area contributed by atoms with Gasteiger partial charge in [0, 0.05) is 6.20 Å². The molecule has 2 nitrogen and oxygen atoms in total. The van der Waals surface area contributed by atoms with Crippen LogP contribution >= 0.6 is 0 Å². The lowest BCUT2D eigenvalue weighted by molar-refractivity contribution is -0.137. The van der Waals surface area contributed by atoms with Gasteiger partial charge in [-0.25, -0.2) is 0 Å². The van der Waals surface area contributed by atoms with Crippen molar-refractivity contribution in [1.29, 1.82) is 5.26 Å². The average molecular weight is 186 g/mol. The van der Waals surface area contributed by atoms with E-state index in [-0.39, 0.29) is 5.56 Å². The summed E-state index contributed by atoms with van der Waals surface area (Å²) in [4.78, 5) is 3.47. The summed E-state index contributed by atoms with van der Waals surface area (Å²) in [6.07, 6.45) is -3.72. The molecule has 0 aliphatic heterocycles. The van der Waals surface area contributed by atoms with E-state index >= 15 is 0 Å². The van der Waals surface area contributed by atoms with Crippen LogP contribution in [0.5, 0.6) is 0 Å². The minimum Gasteiger partial charge on any atom is -0.260 e. The minimum atomic E-state index is -4.44. The van der Waals surface area contributed by atoms with E-state index in [9.17, 15) is 13.2 Å². The van der Waals surface area contributed by atoms with Crippen molar-refractivity contribution in [2.45, 2.75) is 13.1 Å². The van der Waals surface area contributed by atoms with Gasteiger partial charge in [-0.2, -0.15) is 18.4 Å². The molecule has 5 heteroatoms. The first-order valence-corrected chi connectivity index (χ1v) is 3.39. The predicted molar refractivity (Wildman–Crippen MR) is 38.7 cm³/mol. The van der Waals surface area contributed by atoms with E-state index in [0.717, 1.165) is 12.3 Å². The molecule has 0 atom stereocenters. The van der Waals surface area contributed by atoms with Crippen molar-refractivity contribution in [3.8, 4) is 6.07 Å². The molecular weight excluding hydrogens is 181 g/mol. The van der Waals surface area contributed by atoms with Crippen LogP contribution in [-0.4, -0.2) is 4.98 Å². The van der Waals surface area contributed by atoms with Crippen LogP contribution < -0.4 is 0 Å². The van der Waals surface area contributed by atoms with E-state index in [2.05, 4.69) is 4.98 Å². The molecule has 0 radical (unpaired) electrons. The summed E-state index contributed by atoms with van der Waals surface area (Å²) in [6, 6.07) is 2.44. The van der Waals surface area contributed by atoms with E-state index in [1.54, 1.807) is 6.07 Å². The van der Waals surface area contributed by atoms with E-state index < -0.39 is 11.7 Å². The standard InChI is InChI=1S/C8H5F3N2/c1-5-6(3-12)2-7(4-13-5)8(9,10)11/h2,4H,1H3. The number of hydrogen-bond acceptors (Lipinski definition) is 2. The number of nitrogens with zero attached hydrogens (tertiary/aromatic N) is 2. The van der Waals surface area contributed by atoms with Crippen LogP contribution in [0.1, 0.15) is 16.8 Å². The smallest absolute Gasteiger partial charge is 0.260 e. The zero-order chi connectivity index (χ0) is 10.1. The summed E-state index contributed by atoms with van der Waals surface area (Å²) in [5.41, 5.74) is -0.639. The average Bonchev–Trinajstić information content (AvgIpc) is 2.03. The lowest BCUT2D eigenvalue weighted by atomic mass is 10.1. The van der Waals surface area contributed by atoms with Crippen LogP contribution in [0, 0.1) is 18.3 Å². The van der Waals surface area contributed by atoms with Crippen LogP contribution in [0.25, 0.3) is 0 Å². The molecule has 1 rings (SSSR count). The van der Waals surface area contributed by atoms with E-state index in [1.807, 2.05) is 0 Å². The molecule has 1 aromatic heterocycles. The first-order valence-electron chi connectivity index (χ1n) is 3.39. The van der Waals surface area contributed by atoms with Gasteiger partial charge in [0.2, 0.25) is 0 Å². The van der Waals surface area contributed by atoms with E-state index in [0.29, 0.717) is 5.69 Å². The van der Waals surface area contributed by atoms with Crippen LogP contribution in [0.2, 0.25) is 0 Å². The first kappa shape index (κ1) is 9.52. The Balaban J connectivity index is 3.24. The Morgan fingerprint density at radius 3 is 2.54 bits per heavy atom. The van der Waals surface area contributed by atoms with Gasteiger partial charge >= 0.3 is 6.18 Å². The van der Waals surface area contributed by atoms with Crippen molar-refractivity contribution < 1.29 is 13.2 Å². The SMILES string of the molecule is Cc1ncc(C(F)(F)F)cc1C#N. The molecule has 13 heavy (non-hydrogen) atoms. The topological polar surface area (TPSA) is 36.7 Å². The number of alkyl halides is 3. The maximum Gasteiger partial charge on any atom is 0.417 e. The highest BCUT2D eigenvalue weighted by molar-refractivity contribution is 5.35. The normalized spacial score (nSPS) is 11.0. The van der Waals surface area contributed by atoms with Crippen LogP contribution in [0.3, 0.4) is 0 Å². The second kappa shape index (κ2) is 3.05. The van der Waals surface area contributed by atoms with E-state index in [1.165, 1.54) is 6.92 Å². The highest BCUT2D eigenvalue weighted by atomic mass is 19.4. The molecule has 0 amide bonds. The number of nitriles is 1. The Hall–Kier alpha value is -1.57. The summed E-state index contributed by atoms with van der Waals surface area (Å²) in [6.45, 7) is 1.48. The molecule has 0 unspecified atom stereocenters.